The third kappa shape index (κ3) is 3.26. The first-order valence-electron chi connectivity index (χ1n) is 7.79. The number of carboxylic acid groups (broad SMARTS) is 1. The van der Waals surface area contributed by atoms with Gasteiger partial charge in [0.2, 0.25) is 0 Å². The monoisotopic (exact) mass is 387 g/mol. The molecule has 0 unspecified atom stereocenters. The van der Waals surface area contributed by atoms with Crippen molar-refractivity contribution in [1.82, 2.24) is 4.98 Å². The molecule has 136 valence electrons. The summed E-state index contributed by atoms with van der Waals surface area (Å²) in [4.78, 5) is 14.8. The summed E-state index contributed by atoms with van der Waals surface area (Å²) in [6, 6.07) is 9.24. The molecule has 0 aliphatic rings. The van der Waals surface area contributed by atoms with Gasteiger partial charge in [0.05, 0.1) is 11.6 Å². The average Bonchev–Trinajstić information content (AvgIpc) is 3.33. The van der Waals surface area contributed by atoms with Crippen molar-refractivity contribution in [3.8, 4) is 16.9 Å². The highest BCUT2D eigenvalue weighted by Crippen LogP contribution is 2.33. The van der Waals surface area contributed by atoms with E-state index in [-0.39, 0.29) is 23.3 Å². The minimum absolute atomic E-state index is 0.0188. The smallest absolute Gasteiger partial charge is 0.355 e. The molecule has 0 bridgehead atoms. The van der Waals surface area contributed by atoms with Gasteiger partial charge in [0, 0.05) is 10.9 Å². The molecule has 4 rings (SSSR count). The average molecular weight is 387 g/mol. The Balaban J connectivity index is 1.55. The Labute approximate surface area is 155 Å². The highest BCUT2D eigenvalue weighted by molar-refractivity contribution is 7.09. The molecule has 4 aromatic rings. The molecule has 5 nitrogen and oxygen atoms in total. The van der Waals surface area contributed by atoms with Gasteiger partial charge in [-0.2, -0.15) is 0 Å². The SMILES string of the molecule is O=C(O)c1csc(COc2ccc(-c3cc(F)c(F)c4ccoc34)cc2)n1. The molecular formula is C19H11F2NO4S. The molecule has 8 heteroatoms. The van der Waals surface area contributed by atoms with E-state index in [1.807, 2.05) is 0 Å². The van der Waals surface area contributed by atoms with Crippen LogP contribution in [0, 0.1) is 11.6 Å². The Kier molecular flexibility index (Phi) is 4.33. The van der Waals surface area contributed by atoms with Crippen LogP contribution in [0.1, 0.15) is 15.5 Å². The highest BCUT2D eigenvalue weighted by Gasteiger charge is 2.16. The van der Waals surface area contributed by atoms with Gasteiger partial charge in [0.25, 0.3) is 0 Å². The van der Waals surface area contributed by atoms with Crippen molar-refractivity contribution < 1.29 is 27.8 Å². The summed E-state index contributed by atoms with van der Waals surface area (Å²) in [6.07, 6.45) is 1.31. The fraction of sp³-hybridized carbons (Fsp3) is 0.0526. The van der Waals surface area contributed by atoms with E-state index in [0.29, 0.717) is 21.9 Å². The van der Waals surface area contributed by atoms with Crippen molar-refractivity contribution in [3.63, 3.8) is 0 Å². The quantitative estimate of drug-likeness (QED) is 0.515. The maximum Gasteiger partial charge on any atom is 0.355 e. The van der Waals surface area contributed by atoms with Crippen LogP contribution < -0.4 is 4.74 Å². The zero-order valence-corrected chi connectivity index (χ0v) is 14.4. The van der Waals surface area contributed by atoms with Gasteiger partial charge in [-0.15, -0.1) is 11.3 Å². The fourth-order valence-electron chi connectivity index (χ4n) is 2.64. The predicted molar refractivity (Wildman–Crippen MR) is 95.0 cm³/mol. The maximum atomic E-state index is 13.8. The van der Waals surface area contributed by atoms with E-state index in [9.17, 15) is 13.6 Å². The largest absolute Gasteiger partial charge is 0.486 e. The number of hydrogen-bond acceptors (Lipinski definition) is 5. The van der Waals surface area contributed by atoms with Gasteiger partial charge >= 0.3 is 5.97 Å². The third-order valence-electron chi connectivity index (χ3n) is 3.93. The number of thiazole rings is 1. The van der Waals surface area contributed by atoms with Gasteiger partial charge in [-0.05, 0) is 29.8 Å². The first-order chi connectivity index (χ1) is 13.0. The minimum atomic E-state index is -1.09. The molecule has 27 heavy (non-hydrogen) atoms. The Bertz CT molecular complexity index is 1130. The van der Waals surface area contributed by atoms with Crippen molar-refractivity contribution in [2.24, 2.45) is 0 Å². The molecule has 2 aromatic carbocycles. The number of nitrogens with zero attached hydrogens (tertiary/aromatic N) is 1. The van der Waals surface area contributed by atoms with Gasteiger partial charge < -0.3 is 14.3 Å². The van der Waals surface area contributed by atoms with Crippen molar-refractivity contribution >= 4 is 28.3 Å². The van der Waals surface area contributed by atoms with Gasteiger partial charge in [-0.1, -0.05) is 12.1 Å². The van der Waals surface area contributed by atoms with Gasteiger partial charge in [0.15, 0.2) is 17.3 Å². The van der Waals surface area contributed by atoms with Crippen LogP contribution in [0.25, 0.3) is 22.1 Å². The summed E-state index contributed by atoms with van der Waals surface area (Å²) in [6.45, 7) is 0.130. The normalized spacial score (nSPS) is 11.0. The second-order valence-corrected chi connectivity index (χ2v) is 6.57. The van der Waals surface area contributed by atoms with Crippen LogP contribution in [-0.2, 0) is 6.61 Å². The van der Waals surface area contributed by atoms with Crippen LogP contribution in [0.3, 0.4) is 0 Å². The van der Waals surface area contributed by atoms with Crippen LogP contribution in [-0.4, -0.2) is 16.1 Å². The van der Waals surface area contributed by atoms with Crippen molar-refractivity contribution in [3.05, 3.63) is 70.4 Å². The first kappa shape index (κ1) is 17.2. The first-order valence-corrected chi connectivity index (χ1v) is 8.67. The summed E-state index contributed by atoms with van der Waals surface area (Å²) < 4.78 is 38.5. The molecule has 0 saturated heterocycles. The van der Waals surface area contributed by atoms with Crippen molar-refractivity contribution in [2.75, 3.05) is 0 Å². The lowest BCUT2D eigenvalue weighted by atomic mass is 10.0. The third-order valence-corrected chi connectivity index (χ3v) is 4.75. The molecule has 0 aliphatic carbocycles. The van der Waals surface area contributed by atoms with Crippen LogP contribution >= 0.6 is 11.3 Å². The number of halogens is 2. The topological polar surface area (TPSA) is 72.6 Å². The molecule has 0 radical (unpaired) electrons. The highest BCUT2D eigenvalue weighted by atomic mass is 32.1. The summed E-state index contributed by atoms with van der Waals surface area (Å²) >= 11 is 1.20. The maximum absolute atomic E-state index is 13.8. The number of aromatic nitrogens is 1. The van der Waals surface area contributed by atoms with E-state index in [1.54, 1.807) is 24.3 Å². The lowest BCUT2D eigenvalue weighted by molar-refractivity contribution is 0.0691. The molecule has 2 aromatic heterocycles. The Morgan fingerprint density at radius 1 is 1.22 bits per heavy atom. The lowest BCUT2D eigenvalue weighted by Gasteiger charge is -2.07. The van der Waals surface area contributed by atoms with Crippen molar-refractivity contribution in [2.45, 2.75) is 6.61 Å². The zero-order valence-electron chi connectivity index (χ0n) is 13.6. The minimum Gasteiger partial charge on any atom is -0.486 e. The van der Waals surface area contributed by atoms with Gasteiger partial charge in [-0.3, -0.25) is 0 Å². The van der Waals surface area contributed by atoms with Crippen LogP contribution in [0.4, 0.5) is 8.78 Å². The molecule has 2 heterocycles. The molecular weight excluding hydrogens is 376 g/mol. The number of aromatic carboxylic acids is 1. The van der Waals surface area contributed by atoms with Crippen LogP contribution in [0.5, 0.6) is 5.75 Å². The van der Waals surface area contributed by atoms with E-state index < -0.39 is 17.6 Å². The Hall–Kier alpha value is -3.26. The number of ether oxygens (including phenoxy) is 1. The molecule has 0 atom stereocenters. The summed E-state index contributed by atoms with van der Waals surface area (Å²) in [5, 5.41) is 10.9. The van der Waals surface area contributed by atoms with E-state index in [0.717, 1.165) is 6.07 Å². The van der Waals surface area contributed by atoms with Gasteiger partial charge in [0.1, 0.15) is 22.9 Å². The van der Waals surface area contributed by atoms with E-state index in [2.05, 4.69) is 4.98 Å². The molecule has 0 saturated carbocycles. The van der Waals surface area contributed by atoms with Crippen molar-refractivity contribution in [1.29, 1.82) is 0 Å². The number of carboxylic acids is 1. The standard InChI is InChI=1S/C19H11F2NO4S/c20-14-7-13(18-12(17(14)21)5-6-25-18)10-1-3-11(4-2-10)26-8-16-22-15(9-27-16)19(23)24/h1-7,9H,8H2,(H,23,24). The van der Waals surface area contributed by atoms with E-state index in [1.165, 1.54) is 29.0 Å². The molecule has 0 amide bonds. The number of carbonyl (C=O) groups is 1. The summed E-state index contributed by atoms with van der Waals surface area (Å²) in [5.74, 6) is -2.44. The Morgan fingerprint density at radius 2 is 2.00 bits per heavy atom. The fourth-order valence-corrected chi connectivity index (χ4v) is 3.32. The van der Waals surface area contributed by atoms with E-state index >= 15 is 0 Å². The predicted octanol–water partition coefficient (Wildman–Crippen LogP) is 5.11. The summed E-state index contributed by atoms with van der Waals surface area (Å²) in [5.41, 5.74) is 1.33. The van der Waals surface area contributed by atoms with Crippen LogP contribution in [0.15, 0.2) is 52.5 Å². The number of hydrogen-bond donors (Lipinski definition) is 1. The second kappa shape index (κ2) is 6.81. The molecule has 0 aliphatic heterocycles. The van der Waals surface area contributed by atoms with E-state index in [4.69, 9.17) is 14.3 Å². The molecule has 1 N–H and O–H groups in total. The number of rotatable bonds is 5. The summed E-state index contributed by atoms with van der Waals surface area (Å²) in [7, 11) is 0. The second-order valence-electron chi connectivity index (χ2n) is 5.63. The zero-order chi connectivity index (χ0) is 19.0. The molecule has 0 fully saturated rings. The lowest BCUT2D eigenvalue weighted by Crippen LogP contribution is -1.99. The van der Waals surface area contributed by atoms with Crippen LogP contribution in [0.2, 0.25) is 0 Å². The van der Waals surface area contributed by atoms with Gasteiger partial charge in [-0.25, -0.2) is 18.6 Å². The molecule has 0 spiro atoms. The number of benzene rings is 2. The Morgan fingerprint density at radius 3 is 2.70 bits per heavy atom. The number of fused-ring (bicyclic) bond motifs is 1. The number of furan rings is 1.